The molecular formula is C9H11FO. The van der Waals surface area contributed by atoms with Crippen molar-refractivity contribution in [2.24, 2.45) is 0 Å². The van der Waals surface area contributed by atoms with Gasteiger partial charge in [0.1, 0.15) is 5.82 Å². The third-order valence-corrected chi connectivity index (χ3v) is 1.79. The quantitative estimate of drug-likeness (QED) is 0.655. The highest BCUT2D eigenvalue weighted by Gasteiger charge is 2.01. The molecule has 1 rings (SSSR count). The number of hydrogen-bond acceptors (Lipinski definition) is 1. The Balaban J connectivity index is 3.21. The van der Waals surface area contributed by atoms with Gasteiger partial charge in [0.15, 0.2) is 0 Å². The van der Waals surface area contributed by atoms with Gasteiger partial charge in [-0.1, -0.05) is 6.07 Å². The number of halogens is 1. The first-order valence-corrected chi connectivity index (χ1v) is 3.51. The molecule has 11 heavy (non-hydrogen) atoms. The van der Waals surface area contributed by atoms with Crippen LogP contribution in [0.5, 0.6) is 0 Å². The van der Waals surface area contributed by atoms with E-state index in [1.54, 1.807) is 13.0 Å². The fourth-order valence-electron chi connectivity index (χ4n) is 1.04. The van der Waals surface area contributed by atoms with Gasteiger partial charge in [0.2, 0.25) is 0 Å². The first-order chi connectivity index (χ1) is 5.15. The lowest BCUT2D eigenvalue weighted by Crippen LogP contribution is -1.92. The SMILES string of the molecule is Cc1cc(C)c(CO)cc1F. The molecule has 0 amide bonds. The average Bonchev–Trinajstić information content (AvgIpc) is 1.97. The summed E-state index contributed by atoms with van der Waals surface area (Å²) in [5.74, 6) is -0.250. The van der Waals surface area contributed by atoms with Crippen LogP contribution in [-0.4, -0.2) is 5.11 Å². The van der Waals surface area contributed by atoms with E-state index in [-0.39, 0.29) is 12.4 Å². The van der Waals surface area contributed by atoms with Crippen LogP contribution in [0.1, 0.15) is 16.7 Å². The smallest absolute Gasteiger partial charge is 0.126 e. The summed E-state index contributed by atoms with van der Waals surface area (Å²) in [5, 5.41) is 8.77. The standard InChI is InChI=1S/C9H11FO/c1-6-3-7(2)9(10)4-8(6)5-11/h3-4,11H,5H2,1-2H3. The fraction of sp³-hybridized carbons (Fsp3) is 0.333. The van der Waals surface area contributed by atoms with Crippen LogP contribution in [0, 0.1) is 19.7 Å². The summed E-state index contributed by atoms with van der Waals surface area (Å²) in [6, 6.07) is 3.12. The second-order valence-electron chi connectivity index (χ2n) is 2.69. The number of benzene rings is 1. The minimum atomic E-state index is -0.250. The van der Waals surface area contributed by atoms with E-state index in [4.69, 9.17) is 5.11 Å². The van der Waals surface area contributed by atoms with Crippen molar-refractivity contribution < 1.29 is 9.50 Å². The first-order valence-electron chi connectivity index (χ1n) is 3.51. The monoisotopic (exact) mass is 154 g/mol. The van der Waals surface area contributed by atoms with Crippen molar-refractivity contribution in [3.05, 3.63) is 34.6 Å². The minimum Gasteiger partial charge on any atom is -0.392 e. The summed E-state index contributed by atoms with van der Waals surface area (Å²) in [7, 11) is 0. The number of hydrogen-bond donors (Lipinski definition) is 1. The van der Waals surface area contributed by atoms with Crippen LogP contribution < -0.4 is 0 Å². The summed E-state index contributed by atoms with van der Waals surface area (Å²) >= 11 is 0. The van der Waals surface area contributed by atoms with Gasteiger partial charge in [-0.05, 0) is 36.6 Å². The molecule has 1 nitrogen and oxygen atoms in total. The molecule has 0 heterocycles. The van der Waals surface area contributed by atoms with Crippen molar-refractivity contribution >= 4 is 0 Å². The number of rotatable bonds is 1. The van der Waals surface area contributed by atoms with Crippen molar-refractivity contribution in [1.29, 1.82) is 0 Å². The van der Waals surface area contributed by atoms with Gasteiger partial charge in [-0.3, -0.25) is 0 Å². The summed E-state index contributed by atoms with van der Waals surface area (Å²) < 4.78 is 12.8. The number of aliphatic hydroxyl groups is 1. The summed E-state index contributed by atoms with van der Waals surface area (Å²) in [6.07, 6.45) is 0. The highest BCUT2D eigenvalue weighted by atomic mass is 19.1. The molecule has 0 aromatic heterocycles. The van der Waals surface area contributed by atoms with Gasteiger partial charge in [-0.15, -0.1) is 0 Å². The Labute approximate surface area is 65.5 Å². The fourth-order valence-corrected chi connectivity index (χ4v) is 1.04. The maximum absolute atomic E-state index is 12.8. The van der Waals surface area contributed by atoms with Crippen LogP contribution in [0.2, 0.25) is 0 Å². The zero-order chi connectivity index (χ0) is 8.43. The van der Waals surface area contributed by atoms with Gasteiger partial charge in [0.05, 0.1) is 6.61 Å². The molecule has 0 spiro atoms. The Morgan fingerprint density at radius 3 is 2.45 bits per heavy atom. The van der Waals surface area contributed by atoms with Crippen molar-refractivity contribution in [1.82, 2.24) is 0 Å². The Bertz CT molecular complexity index is 269. The van der Waals surface area contributed by atoms with Crippen LogP contribution in [0.25, 0.3) is 0 Å². The molecule has 0 unspecified atom stereocenters. The van der Waals surface area contributed by atoms with Crippen LogP contribution in [0.4, 0.5) is 4.39 Å². The van der Waals surface area contributed by atoms with E-state index in [0.717, 1.165) is 5.56 Å². The molecule has 0 radical (unpaired) electrons. The maximum atomic E-state index is 12.8. The topological polar surface area (TPSA) is 20.2 Å². The molecule has 0 aliphatic carbocycles. The van der Waals surface area contributed by atoms with E-state index in [0.29, 0.717) is 11.1 Å². The normalized spacial score (nSPS) is 10.2. The molecule has 2 heteroatoms. The van der Waals surface area contributed by atoms with E-state index >= 15 is 0 Å². The predicted octanol–water partition coefficient (Wildman–Crippen LogP) is 1.93. The molecule has 0 bridgehead atoms. The van der Waals surface area contributed by atoms with Gasteiger partial charge in [0.25, 0.3) is 0 Å². The largest absolute Gasteiger partial charge is 0.392 e. The van der Waals surface area contributed by atoms with Gasteiger partial charge in [0, 0.05) is 0 Å². The second-order valence-corrected chi connectivity index (χ2v) is 2.69. The molecule has 0 aliphatic rings. The Hall–Kier alpha value is -0.890. The van der Waals surface area contributed by atoms with Crippen molar-refractivity contribution in [2.75, 3.05) is 0 Å². The lowest BCUT2D eigenvalue weighted by Gasteiger charge is -2.03. The highest BCUT2D eigenvalue weighted by Crippen LogP contribution is 2.14. The van der Waals surface area contributed by atoms with Gasteiger partial charge in [-0.2, -0.15) is 0 Å². The molecule has 1 aromatic rings. The summed E-state index contributed by atoms with van der Waals surface area (Å²) in [6.45, 7) is 3.48. The van der Waals surface area contributed by atoms with E-state index in [1.165, 1.54) is 6.07 Å². The highest BCUT2D eigenvalue weighted by molar-refractivity contribution is 5.30. The summed E-state index contributed by atoms with van der Waals surface area (Å²) in [5.41, 5.74) is 2.22. The first kappa shape index (κ1) is 8.21. The Morgan fingerprint density at radius 1 is 1.27 bits per heavy atom. The van der Waals surface area contributed by atoms with Crippen LogP contribution in [0.3, 0.4) is 0 Å². The molecule has 1 aromatic carbocycles. The van der Waals surface area contributed by atoms with Crippen molar-refractivity contribution in [3.63, 3.8) is 0 Å². The predicted molar refractivity (Wildman–Crippen MR) is 41.8 cm³/mol. The second kappa shape index (κ2) is 3.01. The van der Waals surface area contributed by atoms with Crippen molar-refractivity contribution in [2.45, 2.75) is 20.5 Å². The summed E-state index contributed by atoms with van der Waals surface area (Å²) in [4.78, 5) is 0. The molecule has 0 saturated carbocycles. The Morgan fingerprint density at radius 2 is 1.91 bits per heavy atom. The van der Waals surface area contributed by atoms with Gasteiger partial charge < -0.3 is 5.11 Å². The third kappa shape index (κ3) is 1.57. The molecule has 60 valence electrons. The van der Waals surface area contributed by atoms with E-state index in [9.17, 15) is 4.39 Å². The van der Waals surface area contributed by atoms with Crippen molar-refractivity contribution in [3.8, 4) is 0 Å². The van der Waals surface area contributed by atoms with E-state index in [2.05, 4.69) is 0 Å². The third-order valence-electron chi connectivity index (χ3n) is 1.79. The van der Waals surface area contributed by atoms with Crippen LogP contribution in [-0.2, 0) is 6.61 Å². The number of aliphatic hydroxyl groups excluding tert-OH is 1. The van der Waals surface area contributed by atoms with Gasteiger partial charge in [-0.25, -0.2) is 4.39 Å². The maximum Gasteiger partial charge on any atom is 0.126 e. The minimum absolute atomic E-state index is 0.0942. The Kier molecular flexibility index (Phi) is 2.25. The molecule has 1 N–H and O–H groups in total. The molecule has 0 atom stereocenters. The zero-order valence-corrected chi connectivity index (χ0v) is 6.69. The molecule has 0 aliphatic heterocycles. The number of aryl methyl sites for hydroxylation is 2. The average molecular weight is 154 g/mol. The van der Waals surface area contributed by atoms with E-state index in [1.807, 2.05) is 6.92 Å². The lowest BCUT2D eigenvalue weighted by atomic mass is 10.1. The van der Waals surface area contributed by atoms with Crippen LogP contribution >= 0.6 is 0 Å². The van der Waals surface area contributed by atoms with Gasteiger partial charge >= 0.3 is 0 Å². The zero-order valence-electron chi connectivity index (χ0n) is 6.69. The molecular weight excluding hydrogens is 143 g/mol. The lowest BCUT2D eigenvalue weighted by molar-refractivity contribution is 0.280. The van der Waals surface area contributed by atoms with Crippen LogP contribution in [0.15, 0.2) is 12.1 Å². The van der Waals surface area contributed by atoms with E-state index < -0.39 is 0 Å². The molecule has 0 saturated heterocycles. The molecule has 0 fully saturated rings.